The molecule has 0 aromatic rings. The third-order valence-corrected chi connectivity index (χ3v) is 2.48. The van der Waals surface area contributed by atoms with Crippen molar-refractivity contribution < 1.29 is 9.85 Å². The van der Waals surface area contributed by atoms with Gasteiger partial charge in [-0.25, -0.2) is 0 Å². The van der Waals surface area contributed by atoms with E-state index >= 15 is 0 Å². The standard InChI is InChI=1S/C11H8N2O4/c14-12(15)10-5-4-9-6-8(7-10)2-1-3-11(9)13(16)17/h1-5,7H,6H2. The Labute approximate surface area is 96.2 Å². The maximum atomic E-state index is 10.8. The second-order valence-corrected chi connectivity index (χ2v) is 3.60. The van der Waals surface area contributed by atoms with E-state index in [2.05, 4.69) is 0 Å². The van der Waals surface area contributed by atoms with Crippen LogP contribution in [0.5, 0.6) is 0 Å². The summed E-state index contributed by atoms with van der Waals surface area (Å²) in [6.07, 6.45) is 9.06. The number of allylic oxidation sites excluding steroid dienone is 8. The summed E-state index contributed by atoms with van der Waals surface area (Å²) in [6, 6.07) is 0. The molecular formula is C11H8N2O4. The van der Waals surface area contributed by atoms with Crippen LogP contribution in [0.1, 0.15) is 6.42 Å². The van der Waals surface area contributed by atoms with Crippen molar-refractivity contribution in [3.63, 3.8) is 0 Å². The summed E-state index contributed by atoms with van der Waals surface area (Å²) in [4.78, 5) is 20.5. The SMILES string of the molecule is O=[N+]([O-])C1=CC=C2CC(=C1)C=CC=C2[N+](=O)[O-]. The molecule has 0 N–H and O–H groups in total. The minimum Gasteiger partial charge on any atom is -0.258 e. The van der Waals surface area contributed by atoms with Gasteiger partial charge < -0.3 is 0 Å². The fraction of sp³-hybridized carbons (Fsp3) is 0.0909. The third kappa shape index (κ3) is 2.20. The van der Waals surface area contributed by atoms with Crippen molar-refractivity contribution in [1.82, 2.24) is 0 Å². The molecule has 0 radical (unpaired) electrons. The van der Waals surface area contributed by atoms with Crippen LogP contribution in [-0.2, 0) is 0 Å². The van der Waals surface area contributed by atoms with E-state index in [1.165, 1.54) is 30.4 Å². The first-order chi connectivity index (χ1) is 8.08. The van der Waals surface area contributed by atoms with Gasteiger partial charge in [-0.05, 0) is 11.6 Å². The first-order valence-corrected chi connectivity index (χ1v) is 4.87. The lowest BCUT2D eigenvalue weighted by Gasteiger charge is -2.00. The molecule has 2 rings (SSSR count). The van der Waals surface area contributed by atoms with E-state index < -0.39 is 9.85 Å². The van der Waals surface area contributed by atoms with Gasteiger partial charge in [0.15, 0.2) is 0 Å². The van der Waals surface area contributed by atoms with Gasteiger partial charge in [0.1, 0.15) is 0 Å². The van der Waals surface area contributed by atoms with Crippen LogP contribution < -0.4 is 0 Å². The van der Waals surface area contributed by atoms with E-state index in [-0.39, 0.29) is 11.4 Å². The highest BCUT2D eigenvalue weighted by Crippen LogP contribution is 2.27. The maximum absolute atomic E-state index is 10.8. The normalized spacial score (nSPS) is 18.1. The fourth-order valence-corrected chi connectivity index (χ4v) is 1.70. The van der Waals surface area contributed by atoms with Gasteiger partial charge in [0, 0.05) is 30.2 Å². The van der Waals surface area contributed by atoms with Crippen LogP contribution in [0, 0.1) is 20.2 Å². The van der Waals surface area contributed by atoms with Crippen molar-refractivity contribution in [2.45, 2.75) is 6.42 Å². The van der Waals surface area contributed by atoms with Crippen LogP contribution in [0.2, 0.25) is 0 Å². The largest absolute Gasteiger partial charge is 0.272 e. The molecule has 17 heavy (non-hydrogen) atoms. The summed E-state index contributed by atoms with van der Waals surface area (Å²) < 4.78 is 0. The molecule has 0 spiro atoms. The number of nitrogens with zero attached hydrogens (tertiary/aromatic N) is 2. The first-order valence-electron chi connectivity index (χ1n) is 4.87. The number of hydrogen-bond donors (Lipinski definition) is 0. The predicted molar refractivity (Wildman–Crippen MR) is 60.1 cm³/mol. The summed E-state index contributed by atoms with van der Waals surface area (Å²) in [5.74, 6) is 0. The highest BCUT2D eigenvalue weighted by molar-refractivity contribution is 5.46. The molecule has 0 fully saturated rings. The average Bonchev–Trinajstić information content (AvgIpc) is 2.58. The van der Waals surface area contributed by atoms with Crippen LogP contribution in [-0.4, -0.2) is 9.85 Å². The van der Waals surface area contributed by atoms with Crippen LogP contribution >= 0.6 is 0 Å². The summed E-state index contributed by atoms with van der Waals surface area (Å²) in [7, 11) is 0. The lowest BCUT2D eigenvalue weighted by molar-refractivity contribution is -0.420. The topological polar surface area (TPSA) is 86.3 Å². The molecule has 0 atom stereocenters. The summed E-state index contributed by atoms with van der Waals surface area (Å²) >= 11 is 0. The molecular weight excluding hydrogens is 224 g/mol. The zero-order valence-corrected chi connectivity index (χ0v) is 8.70. The Hall–Kier alpha value is -2.50. The minimum absolute atomic E-state index is 0.0227. The van der Waals surface area contributed by atoms with Crippen molar-refractivity contribution in [2.24, 2.45) is 0 Å². The lowest BCUT2D eigenvalue weighted by Crippen LogP contribution is -2.01. The zero-order valence-electron chi connectivity index (χ0n) is 8.70. The molecule has 2 aliphatic rings. The highest BCUT2D eigenvalue weighted by atomic mass is 16.6. The van der Waals surface area contributed by atoms with Gasteiger partial charge in [0.2, 0.25) is 0 Å². The number of nitro groups is 2. The van der Waals surface area contributed by atoms with Crippen LogP contribution in [0.15, 0.2) is 59.0 Å². The maximum Gasteiger partial charge on any atom is 0.272 e. The fourth-order valence-electron chi connectivity index (χ4n) is 1.70. The van der Waals surface area contributed by atoms with Crippen molar-refractivity contribution in [3.05, 3.63) is 79.2 Å². The Bertz CT molecular complexity index is 550. The Morgan fingerprint density at radius 3 is 2.47 bits per heavy atom. The predicted octanol–water partition coefficient (Wildman–Crippen LogP) is 2.13. The van der Waals surface area contributed by atoms with Gasteiger partial charge in [0.25, 0.3) is 11.4 Å². The number of rotatable bonds is 2. The lowest BCUT2D eigenvalue weighted by atomic mass is 10.1. The Morgan fingerprint density at radius 2 is 1.82 bits per heavy atom. The van der Waals surface area contributed by atoms with Crippen molar-refractivity contribution in [1.29, 1.82) is 0 Å². The molecule has 86 valence electrons. The van der Waals surface area contributed by atoms with Crippen LogP contribution in [0.3, 0.4) is 0 Å². The Morgan fingerprint density at radius 1 is 1.06 bits per heavy atom. The molecule has 2 bridgehead atoms. The molecule has 0 aromatic carbocycles. The highest BCUT2D eigenvalue weighted by Gasteiger charge is 2.22. The van der Waals surface area contributed by atoms with Crippen molar-refractivity contribution >= 4 is 0 Å². The summed E-state index contributed by atoms with van der Waals surface area (Å²) in [6.45, 7) is 0. The second kappa shape index (κ2) is 4.17. The molecule has 2 aliphatic carbocycles. The van der Waals surface area contributed by atoms with E-state index in [1.54, 1.807) is 6.08 Å². The Kier molecular flexibility index (Phi) is 2.70. The van der Waals surface area contributed by atoms with Gasteiger partial charge in [-0.2, -0.15) is 0 Å². The third-order valence-electron chi connectivity index (χ3n) is 2.48. The van der Waals surface area contributed by atoms with E-state index in [0.29, 0.717) is 17.6 Å². The summed E-state index contributed by atoms with van der Waals surface area (Å²) in [5, 5.41) is 21.5. The quantitative estimate of drug-likeness (QED) is 0.539. The van der Waals surface area contributed by atoms with Gasteiger partial charge in [-0.3, -0.25) is 20.2 Å². The smallest absolute Gasteiger partial charge is 0.258 e. The molecule has 6 nitrogen and oxygen atoms in total. The van der Waals surface area contributed by atoms with Gasteiger partial charge in [-0.1, -0.05) is 12.2 Å². The number of hydrogen-bond acceptors (Lipinski definition) is 4. The minimum atomic E-state index is -0.509. The van der Waals surface area contributed by atoms with Crippen molar-refractivity contribution in [2.75, 3.05) is 0 Å². The average molecular weight is 232 g/mol. The number of fused-ring (bicyclic) bond motifs is 2. The van der Waals surface area contributed by atoms with Crippen LogP contribution in [0.4, 0.5) is 0 Å². The molecule has 6 heteroatoms. The van der Waals surface area contributed by atoms with Crippen molar-refractivity contribution in [3.8, 4) is 0 Å². The first kappa shape index (κ1) is 11.0. The van der Waals surface area contributed by atoms with E-state index in [4.69, 9.17) is 0 Å². The zero-order chi connectivity index (χ0) is 12.4. The molecule has 0 aromatic heterocycles. The second-order valence-electron chi connectivity index (χ2n) is 3.60. The molecule has 0 saturated heterocycles. The van der Waals surface area contributed by atoms with Gasteiger partial charge in [0.05, 0.1) is 9.85 Å². The van der Waals surface area contributed by atoms with E-state index in [1.807, 2.05) is 0 Å². The molecule has 0 unspecified atom stereocenters. The molecule has 0 amide bonds. The molecule has 0 saturated carbocycles. The Balaban J connectivity index is 2.52. The van der Waals surface area contributed by atoms with E-state index in [0.717, 1.165) is 0 Å². The molecule has 0 aliphatic heterocycles. The molecule has 0 heterocycles. The summed E-state index contributed by atoms with van der Waals surface area (Å²) in [5.41, 5.74) is 1.07. The van der Waals surface area contributed by atoms with E-state index in [9.17, 15) is 20.2 Å². The van der Waals surface area contributed by atoms with Gasteiger partial charge >= 0.3 is 0 Å². The van der Waals surface area contributed by atoms with Gasteiger partial charge in [-0.15, -0.1) is 0 Å². The van der Waals surface area contributed by atoms with Crippen LogP contribution in [0.25, 0.3) is 0 Å². The monoisotopic (exact) mass is 232 g/mol.